The number of carbonyl (C=O) groups is 1. The molecule has 0 fully saturated rings. The average molecular weight is 436 g/mol. The molecule has 0 saturated heterocycles. The zero-order chi connectivity index (χ0) is 22.3. The van der Waals surface area contributed by atoms with Gasteiger partial charge in [0.1, 0.15) is 5.60 Å². The molecule has 1 amide bonds. The van der Waals surface area contributed by atoms with Crippen LogP contribution in [0.2, 0.25) is 0 Å². The lowest BCUT2D eigenvalue weighted by molar-refractivity contribution is -0.0499. The van der Waals surface area contributed by atoms with Crippen LogP contribution in [0.15, 0.2) is 24.4 Å². The van der Waals surface area contributed by atoms with Crippen molar-refractivity contribution < 1.29 is 35.3 Å². The van der Waals surface area contributed by atoms with Crippen LogP contribution in [0.3, 0.4) is 0 Å². The van der Waals surface area contributed by atoms with E-state index < -0.39 is 38.6 Å². The molecule has 0 unspecified atom stereocenters. The molecular weight excluding hydrogens is 413 g/mol. The zero-order valence-electron chi connectivity index (χ0n) is 16.6. The number of para-hydroxylation sites is 1. The van der Waals surface area contributed by atoms with Gasteiger partial charge in [-0.15, -0.1) is 0 Å². The molecule has 162 valence electrons. The number of hydrogen-bond donors (Lipinski definition) is 2. The molecule has 0 radical (unpaired) electrons. The van der Waals surface area contributed by atoms with E-state index in [1.54, 1.807) is 40.7 Å². The van der Waals surface area contributed by atoms with Crippen LogP contribution in [0, 0.1) is 0 Å². The van der Waals surface area contributed by atoms with E-state index >= 15 is 0 Å². The largest absolute Gasteiger partial charge is 0.534 e. The minimum absolute atomic E-state index is 0.100. The number of halogens is 3. The molecule has 0 aliphatic heterocycles. The van der Waals surface area contributed by atoms with Crippen LogP contribution >= 0.6 is 0 Å². The van der Waals surface area contributed by atoms with Gasteiger partial charge in [0.2, 0.25) is 0 Å². The second-order valence-electron chi connectivity index (χ2n) is 8.16. The SMILES string of the molecule is CC(C)(Cc1c[nH]c2c(OS(=O)(=O)C(F)(F)F)cccc12)NC(=O)OC(C)(C)C. The Morgan fingerprint density at radius 3 is 2.31 bits per heavy atom. The van der Waals surface area contributed by atoms with Crippen molar-refractivity contribution in [2.24, 2.45) is 0 Å². The van der Waals surface area contributed by atoms with Crippen LogP contribution in [-0.4, -0.2) is 36.1 Å². The predicted molar refractivity (Wildman–Crippen MR) is 101 cm³/mol. The first kappa shape index (κ1) is 22.9. The number of alkyl halides is 3. The van der Waals surface area contributed by atoms with E-state index in [0.29, 0.717) is 17.4 Å². The maximum atomic E-state index is 12.6. The Morgan fingerprint density at radius 1 is 1.14 bits per heavy atom. The van der Waals surface area contributed by atoms with Crippen molar-refractivity contribution in [3.8, 4) is 5.75 Å². The van der Waals surface area contributed by atoms with Gasteiger partial charge in [-0.2, -0.15) is 21.6 Å². The van der Waals surface area contributed by atoms with Gasteiger partial charge in [-0.1, -0.05) is 12.1 Å². The van der Waals surface area contributed by atoms with Gasteiger partial charge in [-0.25, -0.2) is 4.79 Å². The number of benzene rings is 1. The number of alkyl carbamates (subject to hydrolysis) is 1. The van der Waals surface area contributed by atoms with Gasteiger partial charge in [-0.3, -0.25) is 0 Å². The number of rotatable bonds is 5. The molecule has 1 heterocycles. The van der Waals surface area contributed by atoms with Crippen LogP contribution in [0.5, 0.6) is 5.75 Å². The van der Waals surface area contributed by atoms with Crippen molar-refractivity contribution in [3.05, 3.63) is 30.0 Å². The van der Waals surface area contributed by atoms with Crippen LogP contribution in [0.1, 0.15) is 40.2 Å². The number of nitrogens with one attached hydrogen (secondary N) is 2. The van der Waals surface area contributed by atoms with E-state index in [4.69, 9.17) is 4.74 Å². The third-order valence-corrected chi connectivity index (χ3v) is 4.68. The highest BCUT2D eigenvalue weighted by molar-refractivity contribution is 7.88. The lowest BCUT2D eigenvalue weighted by Crippen LogP contribution is -2.47. The summed E-state index contributed by atoms with van der Waals surface area (Å²) in [7, 11) is -5.79. The number of fused-ring (bicyclic) bond motifs is 1. The minimum atomic E-state index is -5.79. The van der Waals surface area contributed by atoms with Gasteiger partial charge >= 0.3 is 21.7 Å². The molecule has 0 atom stereocenters. The van der Waals surface area contributed by atoms with Crippen molar-refractivity contribution in [2.75, 3.05) is 0 Å². The summed E-state index contributed by atoms with van der Waals surface area (Å²) < 4.78 is 70.0. The Labute approximate surface area is 166 Å². The Kier molecular flexibility index (Phi) is 5.86. The van der Waals surface area contributed by atoms with E-state index in [1.807, 2.05) is 0 Å². The monoisotopic (exact) mass is 436 g/mol. The molecule has 0 spiro atoms. The maximum absolute atomic E-state index is 12.6. The first-order valence-electron chi connectivity index (χ1n) is 8.62. The topological polar surface area (TPSA) is 97.5 Å². The second-order valence-corrected chi connectivity index (χ2v) is 9.70. The first-order chi connectivity index (χ1) is 13.0. The van der Waals surface area contributed by atoms with Crippen molar-refractivity contribution in [3.63, 3.8) is 0 Å². The Morgan fingerprint density at radius 2 is 1.76 bits per heavy atom. The zero-order valence-corrected chi connectivity index (χ0v) is 17.4. The second kappa shape index (κ2) is 7.43. The molecule has 0 bridgehead atoms. The lowest BCUT2D eigenvalue weighted by Gasteiger charge is -2.28. The average Bonchev–Trinajstić information content (AvgIpc) is 2.86. The summed E-state index contributed by atoms with van der Waals surface area (Å²) in [6.45, 7) is 8.70. The highest BCUT2D eigenvalue weighted by Crippen LogP contribution is 2.33. The summed E-state index contributed by atoms with van der Waals surface area (Å²) in [4.78, 5) is 14.8. The molecule has 0 aliphatic rings. The number of carbonyl (C=O) groups excluding carboxylic acids is 1. The van der Waals surface area contributed by atoms with Crippen molar-refractivity contribution in [1.29, 1.82) is 0 Å². The fourth-order valence-corrected chi connectivity index (χ4v) is 3.14. The van der Waals surface area contributed by atoms with Crippen LogP contribution in [0.4, 0.5) is 18.0 Å². The quantitative estimate of drug-likeness (QED) is 0.540. The molecule has 2 N–H and O–H groups in total. The molecule has 2 aromatic rings. The minimum Gasteiger partial charge on any atom is -0.444 e. The molecule has 7 nitrogen and oxygen atoms in total. The smallest absolute Gasteiger partial charge is 0.444 e. The third kappa shape index (κ3) is 5.78. The molecule has 0 aliphatic carbocycles. The summed E-state index contributed by atoms with van der Waals surface area (Å²) in [5.74, 6) is -0.469. The van der Waals surface area contributed by atoms with E-state index in [-0.39, 0.29) is 5.52 Å². The van der Waals surface area contributed by atoms with Crippen molar-refractivity contribution in [2.45, 2.75) is 57.7 Å². The highest BCUT2D eigenvalue weighted by atomic mass is 32.2. The first-order valence-corrected chi connectivity index (χ1v) is 10.0. The summed E-state index contributed by atoms with van der Waals surface area (Å²) in [6.07, 6.45) is 1.21. The van der Waals surface area contributed by atoms with Crippen LogP contribution in [-0.2, 0) is 21.3 Å². The fraction of sp³-hybridized carbons (Fsp3) is 0.500. The number of hydrogen-bond acceptors (Lipinski definition) is 5. The summed E-state index contributed by atoms with van der Waals surface area (Å²) >= 11 is 0. The number of aromatic nitrogens is 1. The number of H-pyrrole nitrogens is 1. The van der Waals surface area contributed by atoms with Gasteiger partial charge in [0.05, 0.1) is 5.52 Å². The predicted octanol–water partition coefficient (Wildman–Crippen LogP) is 4.24. The Balaban J connectivity index is 2.27. The Hall–Kier alpha value is -2.43. The third-order valence-electron chi connectivity index (χ3n) is 3.72. The van der Waals surface area contributed by atoms with Crippen molar-refractivity contribution in [1.82, 2.24) is 10.3 Å². The fourth-order valence-electron chi connectivity index (χ4n) is 2.67. The van der Waals surface area contributed by atoms with Gasteiger partial charge in [0.15, 0.2) is 5.75 Å². The standard InChI is InChI=1S/C18H23F3N2O5S/c1-16(2,3)27-15(24)23-17(4,5)9-11-10-22-14-12(11)7-6-8-13(14)28-29(25,26)18(19,20)21/h6-8,10,22H,9H2,1-5H3,(H,23,24). The van der Waals surface area contributed by atoms with Crippen LogP contribution in [0.25, 0.3) is 10.9 Å². The summed E-state index contributed by atoms with van der Waals surface area (Å²) in [6, 6.07) is 4.11. The van der Waals surface area contributed by atoms with E-state index in [2.05, 4.69) is 14.5 Å². The van der Waals surface area contributed by atoms with E-state index in [9.17, 15) is 26.4 Å². The molecule has 1 aromatic heterocycles. The molecular formula is C18H23F3N2O5S. The normalized spacial score (nSPS) is 13.4. The van der Waals surface area contributed by atoms with Crippen LogP contribution < -0.4 is 9.50 Å². The molecule has 1 aromatic carbocycles. The van der Waals surface area contributed by atoms with Gasteiger partial charge in [0.25, 0.3) is 0 Å². The molecule has 29 heavy (non-hydrogen) atoms. The summed E-state index contributed by atoms with van der Waals surface area (Å²) in [5.41, 5.74) is -6.22. The van der Waals surface area contributed by atoms with E-state index in [1.165, 1.54) is 12.3 Å². The highest BCUT2D eigenvalue weighted by Gasteiger charge is 2.48. The maximum Gasteiger partial charge on any atom is 0.534 e. The summed E-state index contributed by atoms with van der Waals surface area (Å²) in [5, 5.41) is 3.21. The van der Waals surface area contributed by atoms with Crippen molar-refractivity contribution >= 4 is 27.1 Å². The lowest BCUT2D eigenvalue weighted by atomic mass is 9.95. The van der Waals surface area contributed by atoms with Gasteiger partial charge < -0.3 is 19.2 Å². The molecule has 11 heteroatoms. The number of aromatic amines is 1. The van der Waals surface area contributed by atoms with E-state index in [0.717, 1.165) is 6.07 Å². The Bertz CT molecular complexity index is 1000. The number of amides is 1. The van der Waals surface area contributed by atoms with Gasteiger partial charge in [0, 0.05) is 17.1 Å². The molecule has 0 saturated carbocycles. The van der Waals surface area contributed by atoms with Gasteiger partial charge in [-0.05, 0) is 52.7 Å². The number of ether oxygens (including phenoxy) is 1. The molecule has 2 rings (SSSR count).